The van der Waals surface area contributed by atoms with Gasteiger partial charge in [-0.15, -0.1) is 10.2 Å². The number of hydrogen-bond acceptors (Lipinski definition) is 7. The maximum atomic E-state index is 11.4. The van der Waals surface area contributed by atoms with Crippen molar-refractivity contribution in [2.45, 2.75) is 26.9 Å². The van der Waals surface area contributed by atoms with Crippen molar-refractivity contribution in [2.75, 3.05) is 29.6 Å². The van der Waals surface area contributed by atoms with Gasteiger partial charge >= 0.3 is 6.09 Å². The van der Waals surface area contributed by atoms with Crippen LogP contribution in [-0.4, -0.2) is 47.2 Å². The minimum absolute atomic E-state index is 0.195. The SMILES string of the molecule is CCOC(=O)N(N)c1ccc(N(CC)CC(C)O)nn1. The van der Waals surface area contributed by atoms with Crippen LogP contribution in [0.4, 0.5) is 16.4 Å². The van der Waals surface area contributed by atoms with E-state index in [1.54, 1.807) is 26.0 Å². The maximum absolute atomic E-state index is 11.4. The fourth-order valence-electron chi connectivity index (χ4n) is 1.61. The number of anilines is 2. The molecule has 1 amide bonds. The summed E-state index contributed by atoms with van der Waals surface area (Å²) in [4.78, 5) is 13.3. The largest absolute Gasteiger partial charge is 0.448 e. The Morgan fingerprint density at radius 3 is 2.45 bits per heavy atom. The lowest BCUT2D eigenvalue weighted by Crippen LogP contribution is -2.39. The van der Waals surface area contributed by atoms with Crippen LogP contribution in [-0.2, 0) is 4.74 Å². The van der Waals surface area contributed by atoms with Crippen LogP contribution in [0.2, 0.25) is 0 Å². The van der Waals surface area contributed by atoms with E-state index in [0.29, 0.717) is 18.9 Å². The van der Waals surface area contributed by atoms with Crippen LogP contribution >= 0.6 is 0 Å². The van der Waals surface area contributed by atoms with Crippen LogP contribution in [0.15, 0.2) is 12.1 Å². The van der Waals surface area contributed by atoms with E-state index in [1.807, 2.05) is 11.8 Å². The number of nitrogens with zero attached hydrogens (tertiary/aromatic N) is 4. The Morgan fingerprint density at radius 1 is 1.40 bits per heavy atom. The van der Waals surface area contributed by atoms with Crippen LogP contribution in [0.3, 0.4) is 0 Å². The van der Waals surface area contributed by atoms with Crippen LogP contribution in [0.25, 0.3) is 0 Å². The van der Waals surface area contributed by atoms with E-state index in [4.69, 9.17) is 10.6 Å². The average Bonchev–Trinajstić information content (AvgIpc) is 2.44. The molecule has 3 N–H and O–H groups in total. The third kappa shape index (κ3) is 4.32. The number of carbonyl (C=O) groups excluding carboxylic acids is 1. The Morgan fingerprint density at radius 2 is 2.00 bits per heavy atom. The number of likely N-dealkylation sites (N-methyl/N-ethyl adjacent to an activating group) is 1. The third-order valence-electron chi connectivity index (χ3n) is 2.54. The lowest BCUT2D eigenvalue weighted by molar-refractivity contribution is 0.159. The van der Waals surface area contributed by atoms with Gasteiger partial charge in [0, 0.05) is 13.1 Å². The van der Waals surface area contributed by atoms with Gasteiger partial charge in [-0.25, -0.2) is 10.6 Å². The standard InChI is InChI=1S/C12H21N5O3/c1-4-16(8-9(3)18)10-6-7-11(15-14-10)17(13)12(19)20-5-2/h6-7,9,18H,4-5,8,13H2,1-3H3. The number of carbonyl (C=O) groups is 1. The van der Waals surface area contributed by atoms with Gasteiger partial charge < -0.3 is 14.7 Å². The highest BCUT2D eigenvalue weighted by Crippen LogP contribution is 2.14. The van der Waals surface area contributed by atoms with Gasteiger partial charge in [-0.1, -0.05) is 0 Å². The zero-order valence-corrected chi connectivity index (χ0v) is 12.0. The minimum atomic E-state index is -0.689. The number of nitrogens with two attached hydrogens (primary N) is 1. The average molecular weight is 283 g/mol. The molecular weight excluding hydrogens is 262 g/mol. The van der Waals surface area contributed by atoms with Gasteiger partial charge in [0.15, 0.2) is 11.6 Å². The van der Waals surface area contributed by atoms with Crippen molar-refractivity contribution < 1.29 is 14.6 Å². The van der Waals surface area contributed by atoms with E-state index in [2.05, 4.69) is 10.2 Å². The number of hydrazine groups is 1. The molecular formula is C12H21N5O3. The van der Waals surface area contributed by atoms with Gasteiger partial charge in [0.1, 0.15) is 0 Å². The van der Waals surface area contributed by atoms with Gasteiger partial charge in [0.2, 0.25) is 0 Å². The summed E-state index contributed by atoms with van der Waals surface area (Å²) in [5.74, 6) is 6.37. The first-order chi connectivity index (χ1) is 9.49. The molecule has 8 nitrogen and oxygen atoms in total. The quantitative estimate of drug-likeness (QED) is 0.445. The number of aromatic nitrogens is 2. The van der Waals surface area contributed by atoms with Crippen LogP contribution in [0.1, 0.15) is 20.8 Å². The first-order valence-electron chi connectivity index (χ1n) is 6.47. The van der Waals surface area contributed by atoms with E-state index in [0.717, 1.165) is 5.01 Å². The molecule has 1 heterocycles. The zero-order valence-electron chi connectivity index (χ0n) is 12.0. The summed E-state index contributed by atoms with van der Waals surface area (Å²) in [6.07, 6.45) is -1.16. The summed E-state index contributed by atoms with van der Waals surface area (Å²) in [6.45, 7) is 6.71. The molecule has 1 aromatic rings. The highest BCUT2D eigenvalue weighted by Gasteiger charge is 2.15. The van der Waals surface area contributed by atoms with E-state index < -0.39 is 12.2 Å². The van der Waals surface area contributed by atoms with Gasteiger partial charge in [0.25, 0.3) is 0 Å². The van der Waals surface area contributed by atoms with Crippen molar-refractivity contribution in [1.82, 2.24) is 10.2 Å². The third-order valence-corrected chi connectivity index (χ3v) is 2.54. The molecule has 0 aliphatic heterocycles. The number of ether oxygens (including phenoxy) is 1. The Hall–Kier alpha value is -1.93. The topological polar surface area (TPSA) is 105 Å². The molecule has 0 bridgehead atoms. The molecule has 0 aromatic carbocycles. The van der Waals surface area contributed by atoms with Crippen LogP contribution in [0, 0.1) is 0 Å². The lowest BCUT2D eigenvalue weighted by Gasteiger charge is -2.23. The molecule has 0 aliphatic rings. The molecule has 1 aromatic heterocycles. The van der Waals surface area contributed by atoms with Crippen LogP contribution in [0.5, 0.6) is 0 Å². The van der Waals surface area contributed by atoms with Crippen molar-refractivity contribution in [3.05, 3.63) is 12.1 Å². The van der Waals surface area contributed by atoms with Crippen LogP contribution < -0.4 is 15.8 Å². The second-order valence-electron chi connectivity index (χ2n) is 4.21. The first-order valence-corrected chi connectivity index (χ1v) is 6.47. The van der Waals surface area contributed by atoms with Crippen molar-refractivity contribution >= 4 is 17.7 Å². The fourth-order valence-corrected chi connectivity index (χ4v) is 1.61. The molecule has 1 atom stereocenters. The number of amides is 1. The monoisotopic (exact) mass is 283 g/mol. The Bertz CT molecular complexity index is 424. The molecule has 1 unspecified atom stereocenters. The molecule has 0 fully saturated rings. The predicted molar refractivity (Wildman–Crippen MR) is 75.3 cm³/mol. The van der Waals surface area contributed by atoms with Gasteiger partial charge in [0.05, 0.1) is 12.7 Å². The van der Waals surface area contributed by atoms with Crippen molar-refractivity contribution in [2.24, 2.45) is 5.84 Å². The highest BCUT2D eigenvalue weighted by molar-refractivity contribution is 5.84. The van der Waals surface area contributed by atoms with Gasteiger partial charge in [-0.3, -0.25) is 0 Å². The molecule has 0 radical (unpaired) electrons. The number of aliphatic hydroxyl groups excluding tert-OH is 1. The summed E-state index contributed by atoms with van der Waals surface area (Å²) in [5.41, 5.74) is 0. The number of rotatable bonds is 6. The van der Waals surface area contributed by atoms with E-state index >= 15 is 0 Å². The molecule has 0 aliphatic carbocycles. The first kappa shape index (κ1) is 16.1. The van der Waals surface area contributed by atoms with Crippen molar-refractivity contribution in [1.29, 1.82) is 0 Å². The zero-order chi connectivity index (χ0) is 15.1. The summed E-state index contributed by atoms with van der Waals surface area (Å²) >= 11 is 0. The summed E-state index contributed by atoms with van der Waals surface area (Å²) in [6, 6.07) is 3.26. The molecule has 0 saturated heterocycles. The minimum Gasteiger partial charge on any atom is -0.448 e. The lowest BCUT2D eigenvalue weighted by atomic mass is 10.3. The van der Waals surface area contributed by atoms with Crippen molar-refractivity contribution in [3.63, 3.8) is 0 Å². The van der Waals surface area contributed by atoms with Crippen molar-refractivity contribution in [3.8, 4) is 0 Å². The summed E-state index contributed by atoms with van der Waals surface area (Å²) in [7, 11) is 0. The van der Waals surface area contributed by atoms with E-state index in [-0.39, 0.29) is 12.4 Å². The van der Waals surface area contributed by atoms with Gasteiger partial charge in [-0.2, -0.15) is 5.01 Å². The fraction of sp³-hybridized carbons (Fsp3) is 0.583. The molecule has 0 saturated carbocycles. The Labute approximate surface area is 118 Å². The highest BCUT2D eigenvalue weighted by atomic mass is 16.6. The normalized spacial score (nSPS) is 11.8. The molecule has 0 spiro atoms. The van der Waals surface area contributed by atoms with Gasteiger partial charge in [-0.05, 0) is 32.9 Å². The smallest absolute Gasteiger partial charge is 0.430 e. The predicted octanol–water partition coefficient (Wildman–Crippen LogP) is 0.520. The summed E-state index contributed by atoms with van der Waals surface area (Å²) in [5, 5.41) is 18.1. The van der Waals surface area contributed by atoms with E-state index in [1.165, 1.54) is 0 Å². The number of aliphatic hydroxyl groups is 1. The number of hydrogen-bond donors (Lipinski definition) is 2. The van der Waals surface area contributed by atoms with E-state index in [9.17, 15) is 9.90 Å². The molecule has 112 valence electrons. The molecule has 8 heteroatoms. The molecule has 1 rings (SSSR count). The maximum Gasteiger partial charge on any atom is 0.430 e. The molecule has 20 heavy (non-hydrogen) atoms. The summed E-state index contributed by atoms with van der Waals surface area (Å²) < 4.78 is 4.76. The second-order valence-corrected chi connectivity index (χ2v) is 4.21. The Kier molecular flexibility index (Phi) is 6.13. The second kappa shape index (κ2) is 7.61. The Balaban J connectivity index is 2.79.